The highest BCUT2D eigenvalue weighted by atomic mass is 15.3. The van der Waals surface area contributed by atoms with E-state index in [-0.39, 0.29) is 0 Å². The average Bonchev–Trinajstić information content (AvgIpc) is 3.23. The van der Waals surface area contributed by atoms with E-state index >= 15 is 0 Å². The molecule has 1 aromatic carbocycles. The maximum Gasteiger partial charge on any atom is 0.0367 e. The highest BCUT2D eigenvalue weighted by Gasteiger charge is 2.27. The van der Waals surface area contributed by atoms with E-state index in [9.17, 15) is 0 Å². The lowest BCUT2D eigenvalue weighted by molar-refractivity contribution is 0.128. The summed E-state index contributed by atoms with van der Waals surface area (Å²) in [6, 6.07) is 12.3. The van der Waals surface area contributed by atoms with Crippen molar-refractivity contribution in [3.05, 3.63) is 42.1 Å². The first-order chi connectivity index (χ1) is 14.1. The Hall–Kier alpha value is -1.52. The molecule has 4 heteroatoms. The molecule has 2 heterocycles. The monoisotopic (exact) mass is 396 g/mol. The van der Waals surface area contributed by atoms with E-state index in [4.69, 9.17) is 0 Å². The maximum atomic E-state index is 2.71. The quantitative estimate of drug-likeness (QED) is 0.723. The molecule has 29 heavy (non-hydrogen) atoms. The fraction of sp³-hybridized carbons (Fsp3) is 0.680. The van der Waals surface area contributed by atoms with E-state index in [1.54, 1.807) is 5.70 Å². The second-order valence-electron chi connectivity index (χ2n) is 9.52. The van der Waals surface area contributed by atoms with Crippen LogP contribution in [0.3, 0.4) is 0 Å². The Labute approximate surface area is 178 Å². The van der Waals surface area contributed by atoms with E-state index in [0.717, 1.165) is 19.0 Å². The molecule has 4 rings (SSSR count). The molecule has 0 aromatic heterocycles. The lowest BCUT2D eigenvalue weighted by Crippen LogP contribution is -2.50. The molecule has 2 unspecified atom stereocenters. The highest BCUT2D eigenvalue weighted by Crippen LogP contribution is 2.31. The summed E-state index contributed by atoms with van der Waals surface area (Å²) in [6.45, 7) is 16.7. The molecule has 0 N–H and O–H groups in total. The molecule has 2 atom stereocenters. The topological polar surface area (TPSA) is 13.0 Å². The molecule has 1 aliphatic carbocycles. The number of nitrogens with zero attached hydrogens (tertiary/aromatic N) is 4. The Morgan fingerprint density at radius 1 is 0.793 bits per heavy atom. The van der Waals surface area contributed by atoms with Crippen molar-refractivity contribution in [2.75, 3.05) is 57.3 Å². The molecule has 0 saturated carbocycles. The molecule has 4 nitrogen and oxygen atoms in total. The van der Waals surface area contributed by atoms with Crippen LogP contribution in [0.4, 0.5) is 5.69 Å². The van der Waals surface area contributed by atoms with Crippen LogP contribution < -0.4 is 4.90 Å². The van der Waals surface area contributed by atoms with Crippen LogP contribution in [0.1, 0.15) is 40.0 Å². The van der Waals surface area contributed by atoms with Crippen LogP contribution in [0.15, 0.2) is 42.1 Å². The number of rotatable bonds is 6. The Morgan fingerprint density at radius 3 is 2.07 bits per heavy atom. The zero-order chi connectivity index (χ0) is 20.2. The smallest absolute Gasteiger partial charge is 0.0367 e. The SMILES string of the molecule is CC(C)N1CCN(C2=CC(CC(C)N3CCN(c4ccccc4)CC3)CC2)CC1. The van der Waals surface area contributed by atoms with Crippen molar-refractivity contribution >= 4 is 5.69 Å². The van der Waals surface area contributed by atoms with E-state index in [2.05, 4.69) is 76.8 Å². The first-order valence-electron chi connectivity index (χ1n) is 11.8. The van der Waals surface area contributed by atoms with Gasteiger partial charge >= 0.3 is 0 Å². The van der Waals surface area contributed by atoms with Gasteiger partial charge in [-0.25, -0.2) is 0 Å². The van der Waals surface area contributed by atoms with Gasteiger partial charge in [-0.15, -0.1) is 0 Å². The van der Waals surface area contributed by atoms with E-state index in [1.165, 1.54) is 64.2 Å². The van der Waals surface area contributed by atoms with Gasteiger partial charge in [-0.3, -0.25) is 9.80 Å². The fourth-order valence-corrected chi connectivity index (χ4v) is 5.39. The van der Waals surface area contributed by atoms with Crippen LogP contribution in [-0.2, 0) is 0 Å². The van der Waals surface area contributed by atoms with E-state index in [0.29, 0.717) is 12.1 Å². The number of para-hydroxylation sites is 1. The summed E-state index contributed by atoms with van der Waals surface area (Å²) in [6.07, 6.45) is 6.59. The highest BCUT2D eigenvalue weighted by molar-refractivity contribution is 5.46. The number of allylic oxidation sites excluding steroid dienone is 2. The van der Waals surface area contributed by atoms with Crippen LogP contribution in [0.2, 0.25) is 0 Å². The third-order valence-corrected chi connectivity index (χ3v) is 7.35. The van der Waals surface area contributed by atoms with Crippen LogP contribution >= 0.6 is 0 Å². The average molecular weight is 397 g/mol. The van der Waals surface area contributed by atoms with Crippen LogP contribution in [0.25, 0.3) is 0 Å². The van der Waals surface area contributed by atoms with Gasteiger partial charge in [0.15, 0.2) is 0 Å². The van der Waals surface area contributed by atoms with Crippen LogP contribution in [0.5, 0.6) is 0 Å². The molecule has 2 saturated heterocycles. The minimum absolute atomic E-state index is 0.686. The predicted molar refractivity (Wildman–Crippen MR) is 123 cm³/mol. The number of piperazine rings is 2. The van der Waals surface area contributed by atoms with Gasteiger partial charge in [0.2, 0.25) is 0 Å². The summed E-state index contributed by atoms with van der Waals surface area (Å²) >= 11 is 0. The molecule has 3 aliphatic rings. The van der Waals surface area contributed by atoms with Gasteiger partial charge in [0.1, 0.15) is 0 Å². The Morgan fingerprint density at radius 2 is 1.41 bits per heavy atom. The van der Waals surface area contributed by atoms with Crippen molar-refractivity contribution in [2.45, 2.75) is 52.1 Å². The largest absolute Gasteiger partial charge is 0.372 e. The number of anilines is 1. The van der Waals surface area contributed by atoms with Crippen LogP contribution in [0, 0.1) is 5.92 Å². The van der Waals surface area contributed by atoms with E-state index < -0.39 is 0 Å². The lowest BCUT2D eigenvalue weighted by Gasteiger charge is -2.39. The molecule has 1 aromatic rings. The summed E-state index contributed by atoms with van der Waals surface area (Å²) in [5.74, 6) is 0.773. The molecular weight excluding hydrogens is 356 g/mol. The lowest BCUT2D eigenvalue weighted by atomic mass is 9.99. The fourth-order valence-electron chi connectivity index (χ4n) is 5.39. The summed E-state index contributed by atoms with van der Waals surface area (Å²) in [5, 5.41) is 0. The molecular formula is C25H40N4. The van der Waals surface area contributed by atoms with Gasteiger partial charge < -0.3 is 9.80 Å². The van der Waals surface area contributed by atoms with Gasteiger partial charge in [-0.2, -0.15) is 0 Å². The van der Waals surface area contributed by atoms with E-state index in [1.807, 2.05) is 0 Å². The van der Waals surface area contributed by atoms with Crippen molar-refractivity contribution in [3.63, 3.8) is 0 Å². The van der Waals surface area contributed by atoms with Gasteiger partial charge in [0.25, 0.3) is 0 Å². The third-order valence-electron chi connectivity index (χ3n) is 7.35. The van der Waals surface area contributed by atoms with Crippen molar-refractivity contribution < 1.29 is 0 Å². The third kappa shape index (κ3) is 5.16. The van der Waals surface area contributed by atoms with Crippen LogP contribution in [-0.4, -0.2) is 79.1 Å². The molecule has 0 spiro atoms. The zero-order valence-corrected chi connectivity index (χ0v) is 18.8. The summed E-state index contributed by atoms with van der Waals surface area (Å²) in [4.78, 5) is 10.5. The second-order valence-corrected chi connectivity index (χ2v) is 9.52. The van der Waals surface area contributed by atoms with Crippen molar-refractivity contribution in [2.24, 2.45) is 5.92 Å². The predicted octanol–water partition coefficient (Wildman–Crippen LogP) is 3.91. The molecule has 160 valence electrons. The first-order valence-corrected chi connectivity index (χ1v) is 11.8. The summed E-state index contributed by atoms with van der Waals surface area (Å²) in [5.41, 5.74) is 3.01. The molecule has 2 aliphatic heterocycles. The minimum Gasteiger partial charge on any atom is -0.372 e. The molecule has 0 radical (unpaired) electrons. The molecule has 2 fully saturated rings. The van der Waals surface area contributed by atoms with Gasteiger partial charge in [-0.1, -0.05) is 24.3 Å². The molecule has 0 amide bonds. The van der Waals surface area contributed by atoms with Gasteiger partial charge in [-0.05, 0) is 58.1 Å². The maximum absolute atomic E-state index is 2.71. The second kappa shape index (κ2) is 9.53. The van der Waals surface area contributed by atoms with Crippen molar-refractivity contribution in [1.82, 2.24) is 14.7 Å². The summed E-state index contributed by atoms with van der Waals surface area (Å²) < 4.78 is 0. The van der Waals surface area contributed by atoms with Crippen molar-refractivity contribution in [3.8, 4) is 0 Å². The minimum atomic E-state index is 0.686. The van der Waals surface area contributed by atoms with Gasteiger partial charge in [0.05, 0.1) is 0 Å². The Kier molecular flexibility index (Phi) is 6.81. The number of benzene rings is 1. The number of hydrogen-bond acceptors (Lipinski definition) is 4. The van der Waals surface area contributed by atoms with Gasteiger partial charge in [0, 0.05) is 75.8 Å². The standard InChI is InChI=1S/C25H40N4/c1-21(2)26-11-15-29(16-12-26)25-10-9-23(20-25)19-22(3)27-13-17-28(18-14-27)24-7-5-4-6-8-24/h4-8,20-23H,9-19H2,1-3H3. The first kappa shape index (κ1) is 20.7. The zero-order valence-electron chi connectivity index (χ0n) is 18.8. The molecule has 0 bridgehead atoms. The summed E-state index contributed by atoms with van der Waals surface area (Å²) in [7, 11) is 0. The van der Waals surface area contributed by atoms with Crippen molar-refractivity contribution in [1.29, 1.82) is 0 Å². The Bertz CT molecular complexity index is 655. The number of hydrogen-bond donors (Lipinski definition) is 0. The normalized spacial score (nSPS) is 25.5. The Balaban J connectivity index is 1.23.